The summed E-state index contributed by atoms with van der Waals surface area (Å²) in [7, 11) is 4.63. The van der Waals surface area contributed by atoms with Gasteiger partial charge in [-0.1, -0.05) is 31.2 Å². The van der Waals surface area contributed by atoms with Crippen molar-refractivity contribution in [3.05, 3.63) is 83.2 Å². The largest absolute Gasteiger partial charge is 0.493 e. The average molecular weight is 490 g/mol. The predicted molar refractivity (Wildman–Crippen MR) is 135 cm³/mol. The lowest BCUT2D eigenvalue weighted by atomic mass is 9.79. The summed E-state index contributed by atoms with van der Waals surface area (Å²) in [6.07, 6.45) is 2.43. The second-order valence-electron chi connectivity index (χ2n) is 8.51. The maximum Gasteiger partial charge on any atom is 0.254 e. The summed E-state index contributed by atoms with van der Waals surface area (Å²) < 4.78 is 16.7. The van der Waals surface area contributed by atoms with Crippen molar-refractivity contribution in [2.24, 2.45) is 0 Å². The lowest BCUT2D eigenvalue weighted by molar-refractivity contribution is -0.124. The lowest BCUT2D eigenvalue weighted by Crippen LogP contribution is -2.47. The average Bonchev–Trinajstić information content (AvgIpc) is 2.92. The molecule has 0 fully saturated rings. The fourth-order valence-electron chi connectivity index (χ4n) is 4.80. The maximum atomic E-state index is 13.8. The standard InChI is InChI=1S/C28H31N3O5/c1-5-14-31-25(18-15-22(34-2)26(36-4)23(16-18)35-3)24(20-11-6-7-12-21(20)28(31)33)27(32)30-17-19-10-8-9-13-29-19/h6-13,15-16,24-25H,5,14,17H2,1-4H3,(H,30,32)/t24-,25+/m0/s1. The number of hydrogen-bond acceptors (Lipinski definition) is 6. The van der Waals surface area contributed by atoms with Crippen molar-refractivity contribution in [1.29, 1.82) is 0 Å². The highest BCUT2D eigenvalue weighted by atomic mass is 16.5. The normalized spacial score (nSPS) is 16.8. The molecule has 0 unspecified atom stereocenters. The van der Waals surface area contributed by atoms with Gasteiger partial charge in [-0.05, 0) is 47.9 Å². The van der Waals surface area contributed by atoms with Crippen LogP contribution in [0.4, 0.5) is 0 Å². The van der Waals surface area contributed by atoms with E-state index in [2.05, 4.69) is 10.3 Å². The third-order valence-corrected chi connectivity index (χ3v) is 6.38. The molecular weight excluding hydrogens is 458 g/mol. The van der Waals surface area contributed by atoms with Gasteiger partial charge < -0.3 is 24.4 Å². The molecular formula is C28H31N3O5. The minimum atomic E-state index is -0.656. The van der Waals surface area contributed by atoms with Crippen LogP contribution in [0, 0.1) is 0 Å². The van der Waals surface area contributed by atoms with Crippen molar-refractivity contribution in [3.63, 3.8) is 0 Å². The van der Waals surface area contributed by atoms with Crippen molar-refractivity contribution in [2.45, 2.75) is 31.8 Å². The molecule has 1 aliphatic rings. The van der Waals surface area contributed by atoms with Crippen LogP contribution in [-0.2, 0) is 11.3 Å². The number of rotatable bonds is 9. The summed E-state index contributed by atoms with van der Waals surface area (Å²) in [5, 5.41) is 3.04. The molecule has 3 aromatic rings. The zero-order valence-corrected chi connectivity index (χ0v) is 21.0. The first-order chi connectivity index (χ1) is 17.5. The number of benzene rings is 2. The van der Waals surface area contributed by atoms with Gasteiger partial charge in [0.25, 0.3) is 5.91 Å². The number of nitrogens with one attached hydrogen (secondary N) is 1. The predicted octanol–water partition coefficient (Wildman–Crippen LogP) is 4.11. The summed E-state index contributed by atoms with van der Waals surface area (Å²) in [5.74, 6) is 0.409. The summed E-state index contributed by atoms with van der Waals surface area (Å²) in [6, 6.07) is 15.9. The Hall–Kier alpha value is -4.07. The minimum absolute atomic E-state index is 0.111. The number of aromatic nitrogens is 1. The van der Waals surface area contributed by atoms with Crippen LogP contribution >= 0.6 is 0 Å². The molecule has 0 saturated heterocycles. The van der Waals surface area contributed by atoms with Crippen molar-refractivity contribution in [3.8, 4) is 17.2 Å². The van der Waals surface area contributed by atoms with E-state index < -0.39 is 12.0 Å². The zero-order valence-electron chi connectivity index (χ0n) is 21.0. The monoisotopic (exact) mass is 489 g/mol. The Morgan fingerprint density at radius 1 is 1.00 bits per heavy atom. The Balaban J connectivity index is 1.85. The molecule has 2 heterocycles. The number of carbonyl (C=O) groups is 2. The Morgan fingerprint density at radius 2 is 1.69 bits per heavy atom. The van der Waals surface area contributed by atoms with Gasteiger partial charge in [-0.3, -0.25) is 14.6 Å². The van der Waals surface area contributed by atoms with Gasteiger partial charge in [0.1, 0.15) is 0 Å². The number of pyridine rings is 1. The Labute approximate surface area is 211 Å². The van der Waals surface area contributed by atoms with E-state index >= 15 is 0 Å². The van der Waals surface area contributed by atoms with Crippen LogP contribution in [0.1, 0.15) is 52.5 Å². The van der Waals surface area contributed by atoms with Crippen molar-refractivity contribution in [2.75, 3.05) is 27.9 Å². The van der Waals surface area contributed by atoms with Gasteiger partial charge >= 0.3 is 0 Å². The highest BCUT2D eigenvalue weighted by molar-refractivity contribution is 6.01. The summed E-state index contributed by atoms with van der Waals surface area (Å²) >= 11 is 0. The van der Waals surface area contributed by atoms with Crippen LogP contribution < -0.4 is 19.5 Å². The topological polar surface area (TPSA) is 90.0 Å². The molecule has 0 bridgehead atoms. The van der Waals surface area contributed by atoms with Crippen LogP contribution in [0.2, 0.25) is 0 Å². The quantitative estimate of drug-likeness (QED) is 0.487. The van der Waals surface area contributed by atoms with E-state index in [0.29, 0.717) is 34.9 Å². The third kappa shape index (κ3) is 4.71. The molecule has 1 N–H and O–H groups in total. The first-order valence-electron chi connectivity index (χ1n) is 11.9. The van der Waals surface area contributed by atoms with Gasteiger partial charge in [0, 0.05) is 18.3 Å². The third-order valence-electron chi connectivity index (χ3n) is 6.38. The van der Waals surface area contributed by atoms with Crippen molar-refractivity contribution in [1.82, 2.24) is 15.2 Å². The number of carbonyl (C=O) groups excluding carboxylic acids is 2. The van der Waals surface area contributed by atoms with Crippen molar-refractivity contribution >= 4 is 11.8 Å². The van der Waals surface area contributed by atoms with Crippen LogP contribution in [0.25, 0.3) is 0 Å². The molecule has 8 heteroatoms. The maximum absolute atomic E-state index is 13.8. The molecule has 2 aromatic carbocycles. The van der Waals surface area contributed by atoms with E-state index in [-0.39, 0.29) is 18.4 Å². The van der Waals surface area contributed by atoms with E-state index in [4.69, 9.17) is 14.2 Å². The van der Waals surface area contributed by atoms with Gasteiger partial charge in [0.15, 0.2) is 11.5 Å². The number of fused-ring (bicyclic) bond motifs is 1. The van der Waals surface area contributed by atoms with Gasteiger partial charge in [0.05, 0.1) is 45.5 Å². The molecule has 8 nitrogen and oxygen atoms in total. The molecule has 2 amide bonds. The molecule has 0 saturated carbocycles. The first kappa shape index (κ1) is 25.0. The van der Waals surface area contributed by atoms with Crippen LogP contribution in [0.5, 0.6) is 17.2 Å². The SMILES string of the molecule is CCCN1C(=O)c2ccccc2[C@H](C(=O)NCc2ccccn2)[C@H]1c1cc(OC)c(OC)c(OC)c1. The summed E-state index contributed by atoms with van der Waals surface area (Å²) in [5.41, 5.74) is 2.69. The molecule has 2 atom stereocenters. The first-order valence-corrected chi connectivity index (χ1v) is 11.9. The van der Waals surface area contributed by atoms with Gasteiger partial charge in [-0.2, -0.15) is 0 Å². The van der Waals surface area contributed by atoms with Gasteiger partial charge in [-0.25, -0.2) is 0 Å². The fourth-order valence-corrected chi connectivity index (χ4v) is 4.80. The number of ether oxygens (including phenoxy) is 3. The number of amides is 2. The molecule has 0 aliphatic carbocycles. The highest BCUT2D eigenvalue weighted by Gasteiger charge is 2.44. The summed E-state index contributed by atoms with van der Waals surface area (Å²) in [4.78, 5) is 33.6. The van der Waals surface area contributed by atoms with Crippen LogP contribution in [0.3, 0.4) is 0 Å². The zero-order chi connectivity index (χ0) is 25.7. The molecule has 188 valence electrons. The van der Waals surface area contributed by atoms with E-state index in [1.54, 1.807) is 31.4 Å². The Kier molecular flexibility index (Phi) is 7.73. The molecule has 0 spiro atoms. The molecule has 4 rings (SSSR count). The van der Waals surface area contributed by atoms with E-state index in [9.17, 15) is 9.59 Å². The fraction of sp³-hybridized carbons (Fsp3) is 0.321. The van der Waals surface area contributed by atoms with E-state index in [1.165, 1.54) is 7.11 Å². The van der Waals surface area contributed by atoms with E-state index in [0.717, 1.165) is 17.7 Å². The number of hydrogen-bond donors (Lipinski definition) is 1. The number of nitrogens with zero attached hydrogens (tertiary/aromatic N) is 2. The molecule has 1 aromatic heterocycles. The van der Waals surface area contributed by atoms with Crippen molar-refractivity contribution < 1.29 is 23.8 Å². The molecule has 36 heavy (non-hydrogen) atoms. The van der Waals surface area contributed by atoms with E-state index in [1.807, 2.05) is 55.5 Å². The molecule has 1 aliphatic heterocycles. The summed E-state index contributed by atoms with van der Waals surface area (Å²) in [6.45, 7) is 2.77. The van der Waals surface area contributed by atoms with Crippen LogP contribution in [0.15, 0.2) is 60.8 Å². The van der Waals surface area contributed by atoms with Gasteiger partial charge in [-0.15, -0.1) is 0 Å². The minimum Gasteiger partial charge on any atom is -0.493 e. The highest BCUT2D eigenvalue weighted by Crippen LogP contribution is 2.47. The second-order valence-corrected chi connectivity index (χ2v) is 8.51. The molecule has 0 radical (unpaired) electrons. The Morgan fingerprint density at radius 3 is 2.31 bits per heavy atom. The van der Waals surface area contributed by atoms with Gasteiger partial charge in [0.2, 0.25) is 11.7 Å². The lowest BCUT2D eigenvalue weighted by Gasteiger charge is -2.42. The Bertz CT molecular complexity index is 1210. The smallest absolute Gasteiger partial charge is 0.254 e. The second kappa shape index (κ2) is 11.1. The van der Waals surface area contributed by atoms with Crippen LogP contribution in [-0.4, -0.2) is 49.6 Å². The number of methoxy groups -OCH3 is 3.